The number of hydrogen-bond acceptors (Lipinski definition) is 3. The van der Waals surface area contributed by atoms with E-state index in [4.69, 9.17) is 14.7 Å². The highest BCUT2D eigenvalue weighted by molar-refractivity contribution is 8.12. The first-order valence-corrected chi connectivity index (χ1v) is 5.75. The van der Waals surface area contributed by atoms with Crippen LogP contribution in [0.15, 0.2) is 0 Å². The van der Waals surface area contributed by atoms with E-state index < -0.39 is 21.7 Å². The minimum Gasteiger partial charge on any atom is -0.332 e. The third kappa shape index (κ3) is 5.17. The van der Waals surface area contributed by atoms with Crippen LogP contribution < -0.4 is 0 Å². The zero-order valence-electron chi connectivity index (χ0n) is 5.17. The summed E-state index contributed by atoms with van der Waals surface area (Å²) in [6.07, 6.45) is 0. The highest BCUT2D eigenvalue weighted by atomic mass is 31.2. The fourth-order valence-corrected chi connectivity index (χ4v) is 2.61. The molecular formula is CH7BO6P2. The van der Waals surface area contributed by atoms with Crippen LogP contribution in [-0.2, 0) is 13.7 Å². The van der Waals surface area contributed by atoms with E-state index in [0.717, 1.165) is 7.11 Å². The Kier molecular flexibility index (Phi) is 3.29. The maximum atomic E-state index is 10.4. The molecule has 0 heterocycles. The van der Waals surface area contributed by atoms with Gasteiger partial charge in [0, 0.05) is 7.11 Å². The molecule has 0 aliphatic carbocycles. The lowest BCUT2D eigenvalue weighted by molar-refractivity contribution is 0.333. The number of hydrogen-bond donors (Lipinski definition) is 3. The summed E-state index contributed by atoms with van der Waals surface area (Å²) >= 11 is 0. The first-order chi connectivity index (χ1) is 4.27. The second-order valence-corrected chi connectivity index (χ2v) is 5.73. The van der Waals surface area contributed by atoms with Crippen LogP contribution in [0.3, 0.4) is 0 Å². The molecular weight excluding hydrogens is 181 g/mol. The first-order valence-electron chi connectivity index (χ1n) is 2.19. The van der Waals surface area contributed by atoms with Crippen LogP contribution in [0, 0.1) is 0 Å². The fraction of sp³-hybridized carbons (Fsp3) is 1.00. The van der Waals surface area contributed by atoms with Crippen molar-refractivity contribution < 1.29 is 28.3 Å². The van der Waals surface area contributed by atoms with Crippen molar-refractivity contribution in [2.45, 2.75) is 0 Å². The molecule has 0 saturated heterocycles. The highest BCUT2D eigenvalue weighted by Crippen LogP contribution is 2.51. The van der Waals surface area contributed by atoms with Crippen molar-refractivity contribution in [2.24, 2.45) is 0 Å². The summed E-state index contributed by atoms with van der Waals surface area (Å²) in [7, 11) is -7.59. The maximum Gasteiger partial charge on any atom is 0.410 e. The van der Waals surface area contributed by atoms with Crippen LogP contribution in [0.1, 0.15) is 0 Å². The molecule has 0 aliphatic heterocycles. The Bertz CT molecular complexity index is 194. The Morgan fingerprint density at radius 2 is 1.70 bits per heavy atom. The Labute approximate surface area is 58.1 Å². The van der Waals surface area contributed by atoms with Gasteiger partial charge < -0.3 is 19.2 Å². The molecule has 0 aromatic carbocycles. The van der Waals surface area contributed by atoms with E-state index in [1.165, 1.54) is 0 Å². The van der Waals surface area contributed by atoms with E-state index in [1.54, 1.807) is 0 Å². The Morgan fingerprint density at radius 3 is 1.80 bits per heavy atom. The van der Waals surface area contributed by atoms with Gasteiger partial charge in [0.2, 0.25) is 0 Å². The minimum absolute atomic E-state index is 0.913. The van der Waals surface area contributed by atoms with Gasteiger partial charge >= 0.3 is 6.72 Å². The van der Waals surface area contributed by atoms with Gasteiger partial charge in [-0.2, -0.15) is 0 Å². The van der Waals surface area contributed by atoms with Crippen LogP contribution in [0.5, 0.6) is 0 Å². The lowest BCUT2D eigenvalue weighted by atomic mass is 10.7. The summed E-state index contributed by atoms with van der Waals surface area (Å²) in [6.45, 7) is -1.13. The second-order valence-electron chi connectivity index (χ2n) is 1.63. The van der Waals surface area contributed by atoms with Gasteiger partial charge in [-0.05, 0) is 0 Å². The SMILES string of the molecule is COP(=O)(O)BP(=O)(O)O. The molecule has 0 spiro atoms. The second kappa shape index (κ2) is 3.18. The molecule has 0 aromatic heterocycles. The average Bonchev–Trinajstić information content (AvgIpc) is 1.60. The van der Waals surface area contributed by atoms with E-state index in [9.17, 15) is 9.13 Å². The van der Waals surface area contributed by atoms with Gasteiger partial charge in [-0.15, -0.1) is 0 Å². The molecule has 0 saturated carbocycles. The smallest absolute Gasteiger partial charge is 0.332 e. The van der Waals surface area contributed by atoms with Crippen LogP contribution in [0.25, 0.3) is 0 Å². The third-order valence-electron chi connectivity index (χ3n) is 0.648. The highest BCUT2D eigenvalue weighted by Gasteiger charge is 2.33. The lowest BCUT2D eigenvalue weighted by Crippen LogP contribution is -1.96. The molecule has 0 amide bonds. The zero-order valence-corrected chi connectivity index (χ0v) is 6.96. The van der Waals surface area contributed by atoms with Crippen molar-refractivity contribution in [3.8, 4) is 0 Å². The van der Waals surface area contributed by atoms with E-state index >= 15 is 0 Å². The number of rotatable bonds is 3. The molecule has 0 rings (SSSR count). The Morgan fingerprint density at radius 1 is 1.30 bits per heavy atom. The van der Waals surface area contributed by atoms with E-state index in [1.807, 2.05) is 0 Å². The molecule has 1 unspecified atom stereocenters. The monoisotopic (exact) mass is 188 g/mol. The zero-order chi connectivity index (χ0) is 8.41. The van der Waals surface area contributed by atoms with Gasteiger partial charge in [-0.3, -0.25) is 9.13 Å². The van der Waals surface area contributed by atoms with Crippen molar-refractivity contribution in [1.29, 1.82) is 0 Å². The van der Waals surface area contributed by atoms with E-state index in [0.29, 0.717) is 0 Å². The van der Waals surface area contributed by atoms with Gasteiger partial charge in [-0.25, -0.2) is 0 Å². The molecule has 3 N–H and O–H groups in total. The van der Waals surface area contributed by atoms with E-state index in [-0.39, 0.29) is 0 Å². The van der Waals surface area contributed by atoms with E-state index in [2.05, 4.69) is 4.52 Å². The summed E-state index contributed by atoms with van der Waals surface area (Å²) in [6, 6.07) is 0. The molecule has 9 heteroatoms. The Balaban J connectivity index is 4.17. The maximum absolute atomic E-state index is 10.4. The predicted octanol–water partition coefficient (Wildman–Crippen LogP) is -0.738. The minimum atomic E-state index is -4.44. The standard InChI is InChI=1S/CH7BO6P2/c1-8-10(6,7)2-9(3,4)5/h2H,1H3,(H,6,7)(H2,3,4,5). The summed E-state index contributed by atoms with van der Waals surface area (Å²) < 4.78 is 24.5. The van der Waals surface area contributed by atoms with Crippen LogP contribution in [-0.4, -0.2) is 28.5 Å². The first kappa shape index (κ1) is 10.4. The summed E-state index contributed by atoms with van der Waals surface area (Å²) in [5.74, 6) is 0. The van der Waals surface area contributed by atoms with Crippen LogP contribution in [0.4, 0.5) is 0 Å². The quantitative estimate of drug-likeness (QED) is 0.398. The summed E-state index contributed by atoms with van der Waals surface area (Å²) in [4.78, 5) is 24.9. The van der Waals surface area contributed by atoms with Crippen molar-refractivity contribution in [3.63, 3.8) is 0 Å². The molecule has 0 radical (unpaired) electrons. The van der Waals surface area contributed by atoms with Gasteiger partial charge in [0.1, 0.15) is 0 Å². The largest absolute Gasteiger partial charge is 0.410 e. The van der Waals surface area contributed by atoms with Crippen molar-refractivity contribution in [1.82, 2.24) is 0 Å². The van der Waals surface area contributed by atoms with Crippen molar-refractivity contribution in [3.05, 3.63) is 0 Å². The normalized spacial score (nSPS) is 18.0. The molecule has 1 atom stereocenters. The third-order valence-corrected chi connectivity index (χ3v) is 4.12. The van der Waals surface area contributed by atoms with Crippen molar-refractivity contribution in [2.75, 3.05) is 7.11 Å². The predicted molar refractivity (Wildman–Crippen MR) is 36.0 cm³/mol. The van der Waals surface area contributed by atoms with Gasteiger partial charge in [0.05, 0.1) is 0 Å². The molecule has 6 nitrogen and oxygen atoms in total. The summed E-state index contributed by atoms with van der Waals surface area (Å²) in [5.41, 5.74) is 0. The Hall–Kier alpha value is 0.365. The van der Waals surface area contributed by atoms with Crippen molar-refractivity contribution >= 4 is 21.7 Å². The lowest BCUT2D eigenvalue weighted by Gasteiger charge is -2.07. The fourth-order valence-electron chi connectivity index (χ4n) is 0.291. The van der Waals surface area contributed by atoms with Gasteiger partial charge in [0.25, 0.3) is 14.9 Å². The van der Waals surface area contributed by atoms with Crippen LogP contribution in [0.2, 0.25) is 0 Å². The van der Waals surface area contributed by atoms with Gasteiger partial charge in [0.15, 0.2) is 0 Å². The summed E-state index contributed by atoms with van der Waals surface area (Å²) in [5, 5.41) is 0. The topological polar surface area (TPSA) is 104 Å². The molecule has 0 fully saturated rings. The van der Waals surface area contributed by atoms with Crippen LogP contribution >= 0.6 is 14.9 Å². The van der Waals surface area contributed by atoms with Gasteiger partial charge in [-0.1, -0.05) is 0 Å². The molecule has 0 bridgehead atoms. The average molecular weight is 188 g/mol. The molecule has 60 valence electrons. The molecule has 0 aliphatic rings. The molecule has 10 heavy (non-hydrogen) atoms. The molecule has 0 aromatic rings.